The number of para-hydroxylation sites is 2. The first-order valence-corrected chi connectivity index (χ1v) is 19.2. The Hall–Kier alpha value is -7.69. The zero-order chi connectivity index (χ0) is 37.7. The van der Waals surface area contributed by atoms with Crippen molar-refractivity contribution in [2.24, 2.45) is 0 Å². The molecule has 0 bridgehead atoms. The van der Waals surface area contributed by atoms with Gasteiger partial charge in [-0.05, 0) is 73.1 Å². The van der Waals surface area contributed by atoms with Gasteiger partial charge >= 0.3 is 0 Å². The molecule has 0 saturated heterocycles. The topological polar surface area (TPSA) is 51.8 Å². The number of hydrogen-bond donors (Lipinski definition) is 0. The van der Waals surface area contributed by atoms with E-state index in [4.69, 9.17) is 19.4 Å². The van der Waals surface area contributed by atoms with Crippen LogP contribution in [-0.2, 0) is 0 Å². The average molecular weight is 728 g/mol. The Labute approximate surface area is 329 Å². The van der Waals surface area contributed by atoms with Gasteiger partial charge in [-0.25, -0.2) is 15.0 Å². The van der Waals surface area contributed by atoms with Crippen LogP contribution in [0.5, 0.6) is 0 Å². The Morgan fingerprint density at radius 2 is 0.684 bits per heavy atom. The normalized spacial score (nSPS) is 11.5. The van der Waals surface area contributed by atoms with Gasteiger partial charge in [-0.1, -0.05) is 182 Å². The molecule has 2 heterocycles. The van der Waals surface area contributed by atoms with Crippen LogP contribution in [0.2, 0.25) is 0 Å². The molecule has 0 atom stereocenters. The Bertz CT molecular complexity index is 3280. The van der Waals surface area contributed by atoms with Crippen LogP contribution in [0, 0.1) is 0 Å². The molecule has 57 heavy (non-hydrogen) atoms. The van der Waals surface area contributed by atoms with Crippen molar-refractivity contribution in [3.05, 3.63) is 200 Å². The molecule has 0 saturated carbocycles. The summed E-state index contributed by atoms with van der Waals surface area (Å²) in [7, 11) is 0. The first-order chi connectivity index (χ1) is 28.3. The highest BCUT2D eigenvalue weighted by Gasteiger charge is 2.20. The predicted molar refractivity (Wildman–Crippen MR) is 235 cm³/mol. The molecule has 4 nitrogen and oxygen atoms in total. The van der Waals surface area contributed by atoms with Crippen LogP contribution >= 0.6 is 0 Å². The summed E-state index contributed by atoms with van der Waals surface area (Å²) < 4.78 is 6.46. The summed E-state index contributed by atoms with van der Waals surface area (Å²) in [6, 6.07) is 70.0. The maximum atomic E-state index is 6.46. The number of benzene rings is 9. The summed E-state index contributed by atoms with van der Waals surface area (Å²) in [5, 5.41) is 6.71. The van der Waals surface area contributed by atoms with E-state index in [1.165, 1.54) is 38.6 Å². The van der Waals surface area contributed by atoms with Crippen molar-refractivity contribution in [3.63, 3.8) is 0 Å². The number of hydrogen-bond acceptors (Lipinski definition) is 4. The van der Waals surface area contributed by atoms with Crippen molar-refractivity contribution in [1.82, 2.24) is 15.0 Å². The van der Waals surface area contributed by atoms with Gasteiger partial charge in [-0.15, -0.1) is 0 Å². The van der Waals surface area contributed by atoms with E-state index >= 15 is 0 Å². The van der Waals surface area contributed by atoms with E-state index in [9.17, 15) is 0 Å². The molecule has 266 valence electrons. The molecule has 9 aromatic carbocycles. The minimum atomic E-state index is 0.565. The summed E-state index contributed by atoms with van der Waals surface area (Å²) in [6.45, 7) is 0. The molecule has 0 unspecified atom stereocenters. The molecule has 0 aliphatic heterocycles. The second kappa shape index (κ2) is 13.6. The Kier molecular flexibility index (Phi) is 7.78. The maximum Gasteiger partial charge on any atom is 0.167 e. The molecule has 11 rings (SSSR count). The van der Waals surface area contributed by atoms with Gasteiger partial charge in [0.05, 0.1) is 5.56 Å². The van der Waals surface area contributed by atoms with Gasteiger partial charge in [0.1, 0.15) is 11.2 Å². The summed E-state index contributed by atoms with van der Waals surface area (Å²) in [5.74, 6) is 1.78. The third-order valence-corrected chi connectivity index (χ3v) is 11.0. The second-order valence-electron chi connectivity index (χ2n) is 14.3. The SMILES string of the molecule is c1ccc(-c2ccc(-c3ccc(-c4ccc(-c5nc(-c6ccccc6)nc(-c6cccc7c6oc6ccccc67)n5)c5ccccc45)c4ccccc34)cc2)cc1. The van der Waals surface area contributed by atoms with Crippen LogP contribution < -0.4 is 0 Å². The molecule has 0 amide bonds. The molecule has 0 aliphatic carbocycles. The third kappa shape index (κ3) is 5.66. The number of rotatable bonds is 6. The molecule has 0 radical (unpaired) electrons. The van der Waals surface area contributed by atoms with Crippen molar-refractivity contribution in [3.8, 4) is 67.5 Å². The first-order valence-electron chi connectivity index (χ1n) is 19.2. The van der Waals surface area contributed by atoms with E-state index < -0.39 is 0 Å². The van der Waals surface area contributed by atoms with Gasteiger partial charge in [0, 0.05) is 21.9 Å². The van der Waals surface area contributed by atoms with Crippen LogP contribution in [0.25, 0.3) is 111 Å². The lowest BCUT2D eigenvalue weighted by Gasteiger charge is -2.16. The van der Waals surface area contributed by atoms with Gasteiger partial charge in [0.25, 0.3) is 0 Å². The van der Waals surface area contributed by atoms with Gasteiger partial charge in [-0.2, -0.15) is 0 Å². The highest BCUT2D eigenvalue weighted by Crippen LogP contribution is 2.42. The maximum absolute atomic E-state index is 6.46. The Morgan fingerprint density at radius 1 is 0.246 bits per heavy atom. The standard InChI is InChI=1S/C53H33N3O/c1-3-14-34(15-4-1)35-26-28-36(29-27-35)38-30-31-43(40-19-8-7-18-39(38)40)44-32-33-47(42-21-10-9-20-41(42)44)52-54-51(37-16-5-2-6-17-37)55-53(56-52)48-24-13-23-46-45-22-11-12-25-49(45)57-50(46)48/h1-33H. The molecular formula is C53H33N3O. The van der Waals surface area contributed by atoms with Crippen LogP contribution in [-0.4, -0.2) is 15.0 Å². The minimum absolute atomic E-state index is 0.565. The smallest absolute Gasteiger partial charge is 0.167 e. The van der Waals surface area contributed by atoms with Crippen molar-refractivity contribution in [1.29, 1.82) is 0 Å². The summed E-state index contributed by atoms with van der Waals surface area (Å²) in [4.78, 5) is 15.4. The molecular weight excluding hydrogens is 695 g/mol. The van der Waals surface area contributed by atoms with E-state index in [0.29, 0.717) is 17.5 Å². The lowest BCUT2D eigenvalue weighted by atomic mass is 9.88. The van der Waals surface area contributed by atoms with Crippen molar-refractivity contribution in [2.75, 3.05) is 0 Å². The largest absolute Gasteiger partial charge is 0.455 e. The molecule has 11 aromatic rings. The van der Waals surface area contributed by atoms with E-state index in [0.717, 1.165) is 55.0 Å². The highest BCUT2D eigenvalue weighted by molar-refractivity contribution is 6.12. The quantitative estimate of drug-likeness (QED) is 0.171. The fourth-order valence-electron chi connectivity index (χ4n) is 8.24. The summed E-state index contributed by atoms with van der Waals surface area (Å²) in [5.41, 5.74) is 11.4. The molecule has 2 aromatic heterocycles. The van der Waals surface area contributed by atoms with Crippen molar-refractivity contribution < 1.29 is 4.42 Å². The molecule has 0 aliphatic rings. The van der Waals surface area contributed by atoms with Crippen molar-refractivity contribution >= 4 is 43.5 Å². The highest BCUT2D eigenvalue weighted by atomic mass is 16.3. The minimum Gasteiger partial charge on any atom is -0.455 e. The van der Waals surface area contributed by atoms with Crippen LogP contribution in [0.3, 0.4) is 0 Å². The average Bonchev–Trinajstić information content (AvgIpc) is 3.68. The Balaban J connectivity index is 1.06. The molecule has 0 N–H and O–H groups in total. The zero-order valence-electron chi connectivity index (χ0n) is 30.8. The van der Waals surface area contributed by atoms with Crippen LogP contribution in [0.1, 0.15) is 0 Å². The number of nitrogens with zero attached hydrogens (tertiary/aromatic N) is 3. The van der Waals surface area contributed by atoms with Gasteiger partial charge in [0.2, 0.25) is 0 Å². The fraction of sp³-hybridized carbons (Fsp3) is 0. The first kappa shape index (κ1) is 32.7. The summed E-state index contributed by atoms with van der Waals surface area (Å²) in [6.07, 6.45) is 0. The number of aromatic nitrogens is 3. The van der Waals surface area contributed by atoms with Crippen molar-refractivity contribution in [2.45, 2.75) is 0 Å². The second-order valence-corrected chi connectivity index (χ2v) is 14.3. The lowest BCUT2D eigenvalue weighted by Crippen LogP contribution is -2.01. The fourth-order valence-corrected chi connectivity index (χ4v) is 8.24. The zero-order valence-corrected chi connectivity index (χ0v) is 30.8. The lowest BCUT2D eigenvalue weighted by molar-refractivity contribution is 0.669. The monoisotopic (exact) mass is 727 g/mol. The van der Waals surface area contributed by atoms with E-state index in [1.807, 2.05) is 60.7 Å². The molecule has 0 fully saturated rings. The van der Waals surface area contributed by atoms with Gasteiger partial charge in [-0.3, -0.25) is 0 Å². The molecule has 0 spiro atoms. The van der Waals surface area contributed by atoms with E-state index in [2.05, 4.69) is 140 Å². The van der Waals surface area contributed by atoms with Crippen LogP contribution in [0.15, 0.2) is 205 Å². The van der Waals surface area contributed by atoms with Gasteiger partial charge < -0.3 is 4.42 Å². The Morgan fingerprint density at radius 3 is 1.35 bits per heavy atom. The van der Waals surface area contributed by atoms with E-state index in [1.54, 1.807) is 0 Å². The van der Waals surface area contributed by atoms with E-state index in [-0.39, 0.29) is 0 Å². The van der Waals surface area contributed by atoms with Crippen LogP contribution in [0.4, 0.5) is 0 Å². The predicted octanol–water partition coefficient (Wildman–Crippen LogP) is 14.1. The third-order valence-electron chi connectivity index (χ3n) is 11.0. The number of fused-ring (bicyclic) bond motifs is 5. The summed E-state index contributed by atoms with van der Waals surface area (Å²) >= 11 is 0. The molecule has 4 heteroatoms. The number of furan rings is 1. The van der Waals surface area contributed by atoms with Gasteiger partial charge in [0.15, 0.2) is 17.5 Å².